The van der Waals surface area contributed by atoms with Gasteiger partial charge in [-0.05, 0) is 12.2 Å². The van der Waals surface area contributed by atoms with Crippen molar-refractivity contribution in [2.24, 2.45) is 5.41 Å². The Bertz CT molecular complexity index is 235. The smallest absolute Gasteiger partial charge is 0.207 e. The quantitative estimate of drug-likeness (QED) is 0.642. The third-order valence-electron chi connectivity index (χ3n) is 2.76. The average molecular weight is 212 g/mol. The SMILES string of the molecule is C=CC1(C=C)OCC2(COCOC2)CO1. The Hall–Kier alpha value is -0.680. The molecule has 2 rings (SSSR count). The highest BCUT2D eigenvalue weighted by Crippen LogP contribution is 2.33. The van der Waals surface area contributed by atoms with Crippen LogP contribution in [0.25, 0.3) is 0 Å². The van der Waals surface area contributed by atoms with Crippen molar-refractivity contribution < 1.29 is 18.9 Å². The molecule has 2 aliphatic heterocycles. The summed E-state index contributed by atoms with van der Waals surface area (Å²) < 4.78 is 21.8. The van der Waals surface area contributed by atoms with Crippen LogP contribution in [0.5, 0.6) is 0 Å². The zero-order chi connectivity index (χ0) is 10.8. The van der Waals surface area contributed by atoms with E-state index in [9.17, 15) is 0 Å². The van der Waals surface area contributed by atoms with Gasteiger partial charge in [-0.15, -0.1) is 0 Å². The highest BCUT2D eigenvalue weighted by atomic mass is 16.7. The molecule has 2 aliphatic rings. The third kappa shape index (κ3) is 1.99. The fraction of sp³-hybridized carbons (Fsp3) is 0.636. The Morgan fingerprint density at radius 1 is 0.867 bits per heavy atom. The van der Waals surface area contributed by atoms with Crippen LogP contribution >= 0.6 is 0 Å². The van der Waals surface area contributed by atoms with Crippen molar-refractivity contribution in [3.05, 3.63) is 25.3 Å². The van der Waals surface area contributed by atoms with Crippen molar-refractivity contribution in [2.75, 3.05) is 33.2 Å². The molecule has 84 valence electrons. The largest absolute Gasteiger partial charge is 0.355 e. The third-order valence-corrected chi connectivity index (χ3v) is 2.76. The molecule has 0 amide bonds. The van der Waals surface area contributed by atoms with Crippen LogP contribution in [-0.4, -0.2) is 39.0 Å². The van der Waals surface area contributed by atoms with Crippen LogP contribution in [0.1, 0.15) is 0 Å². The van der Waals surface area contributed by atoms with E-state index in [-0.39, 0.29) is 5.41 Å². The zero-order valence-electron chi connectivity index (χ0n) is 8.74. The first-order valence-corrected chi connectivity index (χ1v) is 4.95. The van der Waals surface area contributed by atoms with Gasteiger partial charge in [0.1, 0.15) is 6.79 Å². The molecule has 4 nitrogen and oxygen atoms in total. The summed E-state index contributed by atoms with van der Waals surface area (Å²) in [5.74, 6) is -0.845. The lowest BCUT2D eigenvalue weighted by Crippen LogP contribution is -2.53. The molecule has 2 saturated heterocycles. The molecule has 0 atom stereocenters. The van der Waals surface area contributed by atoms with Gasteiger partial charge in [-0.2, -0.15) is 0 Å². The molecule has 15 heavy (non-hydrogen) atoms. The molecule has 0 bridgehead atoms. The van der Waals surface area contributed by atoms with E-state index in [1.807, 2.05) is 0 Å². The Morgan fingerprint density at radius 3 is 1.87 bits per heavy atom. The monoisotopic (exact) mass is 212 g/mol. The molecule has 4 heteroatoms. The van der Waals surface area contributed by atoms with E-state index in [0.717, 1.165) is 0 Å². The molecule has 0 N–H and O–H groups in total. The molecular weight excluding hydrogens is 196 g/mol. The van der Waals surface area contributed by atoms with Crippen LogP contribution in [0.2, 0.25) is 0 Å². The highest BCUT2D eigenvalue weighted by molar-refractivity contribution is 5.06. The van der Waals surface area contributed by atoms with Gasteiger partial charge in [-0.1, -0.05) is 13.2 Å². The molecule has 2 fully saturated rings. The van der Waals surface area contributed by atoms with Crippen LogP contribution in [0.4, 0.5) is 0 Å². The van der Waals surface area contributed by atoms with Crippen LogP contribution in [0.3, 0.4) is 0 Å². The summed E-state index contributed by atoms with van der Waals surface area (Å²) in [6.45, 7) is 9.99. The lowest BCUT2D eigenvalue weighted by atomic mass is 9.90. The van der Waals surface area contributed by atoms with Gasteiger partial charge in [-0.25, -0.2) is 0 Å². The standard InChI is InChI=1S/C11H16O4/c1-3-11(4-2)14-7-10(8-15-11)5-12-9-13-6-10/h3-4H,1-2,5-9H2. The van der Waals surface area contributed by atoms with Crippen LogP contribution in [0, 0.1) is 5.41 Å². The van der Waals surface area contributed by atoms with Crippen molar-refractivity contribution in [1.29, 1.82) is 0 Å². The Balaban J connectivity index is 2.01. The minimum Gasteiger partial charge on any atom is -0.355 e. The maximum Gasteiger partial charge on any atom is 0.207 e. The molecule has 0 saturated carbocycles. The normalized spacial score (nSPS) is 28.5. The van der Waals surface area contributed by atoms with Gasteiger partial charge in [0.25, 0.3) is 0 Å². The fourth-order valence-electron chi connectivity index (χ4n) is 1.72. The summed E-state index contributed by atoms with van der Waals surface area (Å²) in [7, 11) is 0. The van der Waals surface area contributed by atoms with Gasteiger partial charge >= 0.3 is 0 Å². The van der Waals surface area contributed by atoms with Gasteiger partial charge in [0.15, 0.2) is 0 Å². The van der Waals surface area contributed by atoms with Crippen molar-refractivity contribution in [1.82, 2.24) is 0 Å². The lowest BCUT2D eigenvalue weighted by molar-refractivity contribution is -0.294. The molecule has 0 aromatic rings. The first-order valence-electron chi connectivity index (χ1n) is 4.95. The van der Waals surface area contributed by atoms with Gasteiger partial charge < -0.3 is 18.9 Å². The summed E-state index contributed by atoms with van der Waals surface area (Å²) in [4.78, 5) is 0. The molecule has 0 unspecified atom stereocenters. The second kappa shape index (κ2) is 4.06. The second-order valence-corrected chi connectivity index (χ2v) is 4.02. The van der Waals surface area contributed by atoms with Crippen LogP contribution < -0.4 is 0 Å². The predicted molar refractivity (Wildman–Crippen MR) is 54.2 cm³/mol. The van der Waals surface area contributed by atoms with E-state index in [0.29, 0.717) is 33.2 Å². The summed E-state index contributed by atoms with van der Waals surface area (Å²) >= 11 is 0. The Morgan fingerprint density at radius 2 is 1.40 bits per heavy atom. The minimum absolute atomic E-state index is 0.173. The summed E-state index contributed by atoms with van der Waals surface area (Å²) in [5.41, 5.74) is -0.173. The van der Waals surface area contributed by atoms with E-state index in [4.69, 9.17) is 18.9 Å². The minimum atomic E-state index is -0.845. The molecule has 2 heterocycles. The first-order chi connectivity index (χ1) is 7.24. The average Bonchev–Trinajstić information content (AvgIpc) is 2.32. The first kappa shape index (κ1) is 10.8. The molecule has 0 aromatic heterocycles. The molecule has 0 aromatic carbocycles. The van der Waals surface area contributed by atoms with E-state index < -0.39 is 5.79 Å². The van der Waals surface area contributed by atoms with Gasteiger partial charge in [0, 0.05) is 0 Å². The van der Waals surface area contributed by atoms with Crippen molar-refractivity contribution in [2.45, 2.75) is 5.79 Å². The number of ether oxygens (including phenoxy) is 4. The fourth-order valence-corrected chi connectivity index (χ4v) is 1.72. The van der Waals surface area contributed by atoms with Crippen LogP contribution in [-0.2, 0) is 18.9 Å². The second-order valence-electron chi connectivity index (χ2n) is 4.02. The number of rotatable bonds is 2. The van der Waals surface area contributed by atoms with E-state index in [1.54, 1.807) is 12.2 Å². The zero-order valence-corrected chi connectivity index (χ0v) is 8.74. The molecule has 1 spiro atoms. The topological polar surface area (TPSA) is 36.9 Å². The Labute approximate surface area is 89.5 Å². The molecule has 0 aliphatic carbocycles. The van der Waals surface area contributed by atoms with E-state index >= 15 is 0 Å². The Kier molecular flexibility index (Phi) is 2.93. The highest BCUT2D eigenvalue weighted by Gasteiger charge is 2.43. The van der Waals surface area contributed by atoms with Crippen molar-refractivity contribution in [3.8, 4) is 0 Å². The summed E-state index contributed by atoms with van der Waals surface area (Å²) in [5, 5.41) is 0. The number of hydrogen-bond acceptors (Lipinski definition) is 4. The van der Waals surface area contributed by atoms with Gasteiger partial charge in [0.2, 0.25) is 5.79 Å². The van der Waals surface area contributed by atoms with Crippen molar-refractivity contribution >= 4 is 0 Å². The van der Waals surface area contributed by atoms with E-state index in [2.05, 4.69) is 13.2 Å². The number of hydrogen-bond donors (Lipinski definition) is 0. The molecule has 0 radical (unpaired) electrons. The maximum atomic E-state index is 5.64. The van der Waals surface area contributed by atoms with Gasteiger partial charge in [-0.3, -0.25) is 0 Å². The summed E-state index contributed by atoms with van der Waals surface area (Å²) in [6, 6.07) is 0. The predicted octanol–water partition coefficient (Wildman–Crippen LogP) is 1.09. The van der Waals surface area contributed by atoms with Gasteiger partial charge in [0.05, 0.1) is 31.8 Å². The van der Waals surface area contributed by atoms with Crippen molar-refractivity contribution in [3.63, 3.8) is 0 Å². The van der Waals surface area contributed by atoms with Crippen LogP contribution in [0.15, 0.2) is 25.3 Å². The lowest BCUT2D eigenvalue weighted by Gasteiger charge is -2.44. The van der Waals surface area contributed by atoms with E-state index in [1.165, 1.54) is 0 Å². The molecular formula is C11H16O4. The maximum absolute atomic E-state index is 5.64. The summed E-state index contributed by atoms with van der Waals surface area (Å²) in [6.07, 6.45) is 3.22.